The number of methoxy groups -OCH3 is 1. The second kappa shape index (κ2) is 8.00. The highest BCUT2D eigenvalue weighted by molar-refractivity contribution is 5.22. The van der Waals surface area contributed by atoms with Crippen molar-refractivity contribution in [1.29, 1.82) is 0 Å². The summed E-state index contributed by atoms with van der Waals surface area (Å²) in [5, 5.41) is 3.36. The molecule has 0 fully saturated rings. The Morgan fingerprint density at radius 1 is 1.33 bits per heavy atom. The molecule has 1 aromatic rings. The number of ether oxygens (including phenoxy) is 2. The molecule has 1 aromatic heterocycles. The summed E-state index contributed by atoms with van der Waals surface area (Å²) >= 11 is 0. The van der Waals surface area contributed by atoms with Gasteiger partial charge in [-0.25, -0.2) is 9.97 Å². The monoisotopic (exact) mass is 253 g/mol. The molecular weight excluding hydrogens is 230 g/mol. The van der Waals surface area contributed by atoms with Crippen LogP contribution in [0.1, 0.15) is 26.3 Å². The molecule has 0 amide bonds. The van der Waals surface area contributed by atoms with Gasteiger partial charge in [0.05, 0.1) is 6.61 Å². The van der Waals surface area contributed by atoms with Crippen LogP contribution in [0, 0.1) is 5.92 Å². The number of hydrogen-bond acceptors (Lipinski definition) is 5. The number of rotatable bonds is 8. The van der Waals surface area contributed by atoms with E-state index in [9.17, 15) is 0 Å². The van der Waals surface area contributed by atoms with Crippen LogP contribution in [0.15, 0.2) is 12.5 Å². The van der Waals surface area contributed by atoms with Crippen LogP contribution >= 0.6 is 0 Å². The van der Waals surface area contributed by atoms with Crippen LogP contribution < -0.4 is 10.1 Å². The van der Waals surface area contributed by atoms with E-state index in [-0.39, 0.29) is 6.10 Å². The van der Waals surface area contributed by atoms with Crippen molar-refractivity contribution in [2.75, 3.05) is 20.3 Å². The molecule has 0 aliphatic heterocycles. The molecule has 5 nitrogen and oxygen atoms in total. The van der Waals surface area contributed by atoms with Crippen molar-refractivity contribution in [3.63, 3.8) is 0 Å². The van der Waals surface area contributed by atoms with Gasteiger partial charge in [-0.15, -0.1) is 0 Å². The Morgan fingerprint density at radius 3 is 2.78 bits per heavy atom. The number of nitrogens with zero attached hydrogens (tertiary/aromatic N) is 2. The highest BCUT2D eigenvalue weighted by atomic mass is 16.5. The van der Waals surface area contributed by atoms with Crippen molar-refractivity contribution in [2.45, 2.75) is 33.4 Å². The zero-order chi connectivity index (χ0) is 13.4. The molecule has 0 saturated heterocycles. The highest BCUT2D eigenvalue weighted by Crippen LogP contribution is 2.14. The van der Waals surface area contributed by atoms with Gasteiger partial charge in [0.25, 0.3) is 0 Å². The summed E-state index contributed by atoms with van der Waals surface area (Å²) in [4.78, 5) is 8.20. The largest absolute Gasteiger partial charge is 0.472 e. The van der Waals surface area contributed by atoms with Crippen LogP contribution in [0.25, 0.3) is 0 Å². The van der Waals surface area contributed by atoms with E-state index in [4.69, 9.17) is 9.47 Å². The van der Waals surface area contributed by atoms with E-state index in [2.05, 4.69) is 29.1 Å². The Kier molecular flexibility index (Phi) is 6.60. The van der Waals surface area contributed by atoms with Gasteiger partial charge in [0.1, 0.15) is 12.4 Å². The molecule has 0 aromatic carbocycles. The van der Waals surface area contributed by atoms with Gasteiger partial charge in [-0.3, -0.25) is 0 Å². The molecule has 1 rings (SSSR count). The number of aromatic nitrogens is 2. The maximum absolute atomic E-state index is 5.73. The first-order valence-corrected chi connectivity index (χ1v) is 6.28. The summed E-state index contributed by atoms with van der Waals surface area (Å²) in [7, 11) is 1.66. The maximum Gasteiger partial charge on any atom is 0.221 e. The second-order valence-corrected chi connectivity index (χ2v) is 4.76. The average molecular weight is 253 g/mol. The smallest absolute Gasteiger partial charge is 0.221 e. The van der Waals surface area contributed by atoms with Crippen LogP contribution in [0.5, 0.6) is 5.88 Å². The lowest BCUT2D eigenvalue weighted by Gasteiger charge is -2.15. The molecule has 0 bridgehead atoms. The first-order valence-electron chi connectivity index (χ1n) is 6.28. The molecule has 1 atom stereocenters. The van der Waals surface area contributed by atoms with E-state index in [1.807, 2.05) is 6.92 Å². The van der Waals surface area contributed by atoms with Gasteiger partial charge < -0.3 is 14.8 Å². The Morgan fingerprint density at radius 2 is 2.11 bits per heavy atom. The fourth-order valence-corrected chi connectivity index (χ4v) is 1.53. The molecular formula is C13H23N3O2. The van der Waals surface area contributed by atoms with Crippen molar-refractivity contribution in [3.8, 4) is 5.88 Å². The average Bonchev–Trinajstić information content (AvgIpc) is 2.31. The SMILES string of the molecule is COCC(C)Oc1ncncc1CNCC(C)C. The Labute approximate surface area is 109 Å². The van der Waals surface area contributed by atoms with Crippen LogP contribution in [0.4, 0.5) is 0 Å². The number of nitrogens with one attached hydrogen (secondary N) is 1. The lowest BCUT2D eigenvalue weighted by atomic mass is 10.2. The molecule has 0 aliphatic rings. The first kappa shape index (κ1) is 14.9. The molecule has 0 radical (unpaired) electrons. The zero-order valence-electron chi connectivity index (χ0n) is 11.6. The second-order valence-electron chi connectivity index (χ2n) is 4.76. The molecule has 102 valence electrons. The van der Waals surface area contributed by atoms with E-state index in [0.717, 1.165) is 12.1 Å². The van der Waals surface area contributed by atoms with Crippen LogP contribution in [0.3, 0.4) is 0 Å². The maximum atomic E-state index is 5.73. The topological polar surface area (TPSA) is 56.3 Å². The molecule has 18 heavy (non-hydrogen) atoms. The minimum Gasteiger partial charge on any atom is -0.472 e. The quantitative estimate of drug-likeness (QED) is 0.763. The Hall–Kier alpha value is -1.20. The number of hydrogen-bond donors (Lipinski definition) is 1. The summed E-state index contributed by atoms with van der Waals surface area (Å²) < 4.78 is 10.8. The molecule has 1 N–H and O–H groups in total. The van der Waals surface area contributed by atoms with Crippen molar-refractivity contribution < 1.29 is 9.47 Å². The normalized spacial score (nSPS) is 12.7. The summed E-state index contributed by atoms with van der Waals surface area (Å²) in [6, 6.07) is 0. The fraction of sp³-hybridized carbons (Fsp3) is 0.692. The third-order valence-corrected chi connectivity index (χ3v) is 2.33. The van der Waals surface area contributed by atoms with Crippen LogP contribution in [0.2, 0.25) is 0 Å². The molecule has 0 saturated carbocycles. The van der Waals surface area contributed by atoms with Gasteiger partial charge in [0.15, 0.2) is 0 Å². The summed E-state index contributed by atoms with van der Waals surface area (Å²) in [6.45, 7) is 8.52. The van der Waals surface area contributed by atoms with Gasteiger partial charge in [0, 0.05) is 25.4 Å². The lowest BCUT2D eigenvalue weighted by Crippen LogP contribution is -2.22. The van der Waals surface area contributed by atoms with E-state index in [1.165, 1.54) is 6.33 Å². The highest BCUT2D eigenvalue weighted by Gasteiger charge is 2.09. The van der Waals surface area contributed by atoms with Gasteiger partial charge >= 0.3 is 0 Å². The van der Waals surface area contributed by atoms with Crippen molar-refractivity contribution in [1.82, 2.24) is 15.3 Å². The third kappa shape index (κ3) is 5.42. The van der Waals surface area contributed by atoms with E-state index in [1.54, 1.807) is 13.3 Å². The molecule has 1 heterocycles. The summed E-state index contributed by atoms with van der Waals surface area (Å²) in [6.07, 6.45) is 3.27. The lowest BCUT2D eigenvalue weighted by molar-refractivity contribution is 0.0880. The first-order chi connectivity index (χ1) is 8.63. The molecule has 0 spiro atoms. The van der Waals surface area contributed by atoms with Crippen LogP contribution in [-0.4, -0.2) is 36.3 Å². The van der Waals surface area contributed by atoms with Crippen molar-refractivity contribution in [2.24, 2.45) is 5.92 Å². The minimum absolute atomic E-state index is 0.0197. The van der Waals surface area contributed by atoms with Gasteiger partial charge in [-0.05, 0) is 19.4 Å². The molecule has 0 aliphatic carbocycles. The third-order valence-electron chi connectivity index (χ3n) is 2.33. The standard InChI is InChI=1S/C13H23N3O2/c1-10(2)5-14-6-12-7-15-9-16-13(12)18-11(3)8-17-4/h7,9-11,14H,5-6,8H2,1-4H3. The molecule has 1 unspecified atom stereocenters. The van der Waals surface area contributed by atoms with Gasteiger partial charge in [0.2, 0.25) is 5.88 Å². The predicted molar refractivity (Wildman–Crippen MR) is 70.5 cm³/mol. The zero-order valence-corrected chi connectivity index (χ0v) is 11.6. The van der Waals surface area contributed by atoms with Crippen molar-refractivity contribution >= 4 is 0 Å². The minimum atomic E-state index is -0.0197. The van der Waals surface area contributed by atoms with Crippen molar-refractivity contribution in [3.05, 3.63) is 18.1 Å². The van der Waals surface area contributed by atoms with E-state index < -0.39 is 0 Å². The predicted octanol–water partition coefficient (Wildman–Crippen LogP) is 1.64. The van der Waals surface area contributed by atoms with Gasteiger partial charge in [-0.1, -0.05) is 13.8 Å². The molecule has 5 heteroatoms. The van der Waals surface area contributed by atoms with Gasteiger partial charge in [-0.2, -0.15) is 0 Å². The summed E-state index contributed by atoms with van der Waals surface area (Å²) in [5.74, 6) is 1.25. The van der Waals surface area contributed by atoms with Crippen LogP contribution in [-0.2, 0) is 11.3 Å². The fourth-order valence-electron chi connectivity index (χ4n) is 1.53. The van der Waals surface area contributed by atoms with E-state index >= 15 is 0 Å². The van der Waals surface area contributed by atoms with E-state index in [0.29, 0.717) is 24.9 Å². The summed E-state index contributed by atoms with van der Waals surface area (Å²) in [5.41, 5.74) is 0.973. The Bertz CT molecular complexity index is 345. The Balaban J connectivity index is 2.56.